The molecule has 3 aromatic carbocycles. The van der Waals surface area contributed by atoms with Crippen LogP contribution in [0.15, 0.2) is 48.5 Å². The van der Waals surface area contributed by atoms with Gasteiger partial charge in [-0.25, -0.2) is 4.39 Å². The molecule has 0 aromatic heterocycles. The molecule has 0 bridgehead atoms. The van der Waals surface area contributed by atoms with Crippen LogP contribution in [0.5, 0.6) is 11.5 Å². The van der Waals surface area contributed by atoms with Crippen molar-refractivity contribution in [2.75, 3.05) is 33.7 Å². The topological polar surface area (TPSA) is 110 Å². The van der Waals surface area contributed by atoms with E-state index < -0.39 is 23.1 Å². The van der Waals surface area contributed by atoms with E-state index in [2.05, 4.69) is 5.32 Å². The molecule has 4 N–H and O–H groups in total. The lowest BCUT2D eigenvalue weighted by molar-refractivity contribution is 0.0151. The molecule has 0 radical (unpaired) electrons. The van der Waals surface area contributed by atoms with E-state index >= 15 is 0 Å². The van der Waals surface area contributed by atoms with Gasteiger partial charge in [0.25, 0.3) is 0 Å². The van der Waals surface area contributed by atoms with Gasteiger partial charge in [-0.05, 0) is 109 Å². The lowest BCUT2D eigenvalue weighted by atomic mass is 9.75. The number of hydrogen-bond donors (Lipinski definition) is 4. The van der Waals surface area contributed by atoms with Gasteiger partial charge in [-0.2, -0.15) is 0 Å². The van der Waals surface area contributed by atoms with Crippen molar-refractivity contribution in [2.45, 2.75) is 58.0 Å². The minimum absolute atomic E-state index is 0.0236. The highest BCUT2D eigenvalue weighted by molar-refractivity contribution is 6.16. The number of ketones is 2. The molecule has 0 saturated carbocycles. The quantitative estimate of drug-likeness (QED) is 0.208. The van der Waals surface area contributed by atoms with Gasteiger partial charge in [0.1, 0.15) is 17.3 Å². The molecule has 4 rings (SSSR count). The molecule has 0 aliphatic carbocycles. The summed E-state index contributed by atoms with van der Waals surface area (Å²) in [5.41, 5.74) is 0.154. The lowest BCUT2D eigenvalue weighted by Gasteiger charge is -2.32. The van der Waals surface area contributed by atoms with Crippen LogP contribution in [0.1, 0.15) is 82.9 Å². The molecular formula is C35H43FN2O5. The van der Waals surface area contributed by atoms with E-state index in [-0.39, 0.29) is 51.0 Å². The maximum atomic E-state index is 14.9. The minimum Gasteiger partial charge on any atom is -0.508 e. The monoisotopic (exact) mass is 590 g/mol. The SMILES string of the molecule is Cc1c(F)cccc1-c1c(C(=O)c2cccc(O)c2)cc(C(=O)C(CCCN(C)C)C(C)(C)O)c(C2CCCNC2)c1O. The van der Waals surface area contributed by atoms with Crippen LogP contribution >= 0.6 is 0 Å². The summed E-state index contributed by atoms with van der Waals surface area (Å²) >= 11 is 0. The number of carbonyl (C=O) groups excluding carboxylic acids is 2. The van der Waals surface area contributed by atoms with Gasteiger partial charge in [0.05, 0.1) is 11.5 Å². The molecule has 0 amide bonds. The zero-order valence-electron chi connectivity index (χ0n) is 25.7. The molecule has 230 valence electrons. The Hall–Kier alpha value is -3.59. The van der Waals surface area contributed by atoms with Gasteiger partial charge in [0, 0.05) is 40.3 Å². The maximum Gasteiger partial charge on any atom is 0.193 e. The third-order valence-electron chi connectivity index (χ3n) is 8.47. The van der Waals surface area contributed by atoms with E-state index in [0.29, 0.717) is 36.9 Å². The van der Waals surface area contributed by atoms with Crippen LogP contribution in [-0.4, -0.2) is 71.1 Å². The number of aliphatic hydroxyl groups is 1. The molecule has 1 aliphatic rings. The first-order valence-corrected chi connectivity index (χ1v) is 14.9. The fourth-order valence-corrected chi connectivity index (χ4v) is 6.14. The van der Waals surface area contributed by atoms with Gasteiger partial charge in [-0.3, -0.25) is 9.59 Å². The second-order valence-electron chi connectivity index (χ2n) is 12.5. The number of phenols is 2. The van der Waals surface area contributed by atoms with Crippen molar-refractivity contribution in [3.63, 3.8) is 0 Å². The molecule has 1 heterocycles. The Morgan fingerprint density at radius 1 is 1.09 bits per heavy atom. The van der Waals surface area contributed by atoms with E-state index in [9.17, 15) is 29.3 Å². The van der Waals surface area contributed by atoms with Crippen molar-refractivity contribution in [2.24, 2.45) is 5.92 Å². The van der Waals surface area contributed by atoms with Crippen molar-refractivity contribution in [3.05, 3.63) is 82.2 Å². The standard InChI is InChI=1S/C35H43FN2O5/c1-21-25(13-7-15-29(21)36)31-27(32(40)22-10-6-12-24(39)18-22)19-26(30(34(31)42)23-11-8-16-37-20-23)33(41)28(35(2,3)43)14-9-17-38(4)5/h6-7,10,12-13,15,18-19,23,28,37,39,42-43H,8-9,11,14,16-17,20H2,1-5H3. The molecule has 1 aliphatic heterocycles. The minimum atomic E-state index is -1.37. The Morgan fingerprint density at radius 3 is 2.44 bits per heavy atom. The first-order chi connectivity index (χ1) is 20.3. The summed E-state index contributed by atoms with van der Waals surface area (Å²) in [6.07, 6.45) is 2.60. The van der Waals surface area contributed by atoms with E-state index in [1.165, 1.54) is 30.3 Å². The molecule has 1 fully saturated rings. The van der Waals surface area contributed by atoms with Gasteiger partial charge in [-0.1, -0.05) is 24.3 Å². The van der Waals surface area contributed by atoms with E-state index in [0.717, 1.165) is 19.5 Å². The third kappa shape index (κ3) is 7.15. The average Bonchev–Trinajstić information content (AvgIpc) is 2.95. The van der Waals surface area contributed by atoms with Gasteiger partial charge < -0.3 is 25.5 Å². The summed E-state index contributed by atoms with van der Waals surface area (Å²) in [5, 5.41) is 36.8. The molecule has 8 heteroatoms. The number of nitrogens with zero attached hydrogens (tertiary/aromatic N) is 1. The summed E-state index contributed by atoms with van der Waals surface area (Å²) in [5.74, 6) is -2.75. The highest BCUT2D eigenvalue weighted by Crippen LogP contribution is 2.46. The zero-order chi connectivity index (χ0) is 31.5. The first kappa shape index (κ1) is 32.3. The average molecular weight is 591 g/mol. The first-order valence-electron chi connectivity index (χ1n) is 14.9. The Kier molecular flexibility index (Phi) is 10.1. The van der Waals surface area contributed by atoms with Crippen LogP contribution in [-0.2, 0) is 0 Å². The summed E-state index contributed by atoms with van der Waals surface area (Å²) in [4.78, 5) is 30.6. The number of hydrogen-bond acceptors (Lipinski definition) is 7. The molecule has 3 aromatic rings. The van der Waals surface area contributed by atoms with Gasteiger partial charge in [0.2, 0.25) is 0 Å². The van der Waals surface area contributed by atoms with Crippen molar-refractivity contribution in [3.8, 4) is 22.6 Å². The highest BCUT2D eigenvalue weighted by Gasteiger charge is 2.38. The number of phenolic OH excluding ortho intramolecular Hbond substituents is 2. The Labute approximate surface area is 253 Å². The second-order valence-corrected chi connectivity index (χ2v) is 12.5. The van der Waals surface area contributed by atoms with Crippen LogP contribution < -0.4 is 5.32 Å². The summed E-state index contributed by atoms with van der Waals surface area (Å²) in [6, 6.07) is 11.9. The highest BCUT2D eigenvalue weighted by atomic mass is 19.1. The molecule has 2 atom stereocenters. The van der Waals surface area contributed by atoms with Crippen molar-refractivity contribution in [1.82, 2.24) is 10.2 Å². The molecule has 0 spiro atoms. The predicted octanol–water partition coefficient (Wildman–Crippen LogP) is 5.82. The number of Topliss-reactive ketones (excluding diaryl/α,β-unsaturated/α-hetero) is 1. The number of rotatable bonds is 11. The fraction of sp³-hybridized carbons (Fsp3) is 0.429. The summed E-state index contributed by atoms with van der Waals surface area (Å²) in [7, 11) is 3.89. The largest absolute Gasteiger partial charge is 0.508 e. The number of carbonyl (C=O) groups is 2. The summed E-state index contributed by atoms with van der Waals surface area (Å²) < 4.78 is 14.9. The fourth-order valence-electron chi connectivity index (χ4n) is 6.14. The number of halogens is 1. The third-order valence-corrected chi connectivity index (χ3v) is 8.47. The molecule has 7 nitrogen and oxygen atoms in total. The maximum absolute atomic E-state index is 14.9. The summed E-state index contributed by atoms with van der Waals surface area (Å²) in [6.45, 7) is 6.85. The van der Waals surface area contributed by atoms with E-state index in [4.69, 9.17) is 0 Å². The smallest absolute Gasteiger partial charge is 0.193 e. The van der Waals surface area contributed by atoms with E-state index in [1.54, 1.807) is 39.0 Å². The van der Waals surface area contributed by atoms with Gasteiger partial charge in [-0.15, -0.1) is 0 Å². The number of piperidine rings is 1. The molecule has 1 saturated heterocycles. The van der Waals surface area contributed by atoms with Crippen LogP contribution in [0.25, 0.3) is 11.1 Å². The second kappa shape index (κ2) is 13.4. The molecule has 43 heavy (non-hydrogen) atoms. The van der Waals surface area contributed by atoms with Crippen LogP contribution in [0, 0.1) is 18.7 Å². The van der Waals surface area contributed by atoms with E-state index in [1.807, 2.05) is 19.0 Å². The number of aromatic hydroxyl groups is 2. The van der Waals surface area contributed by atoms with Gasteiger partial charge in [0.15, 0.2) is 11.6 Å². The van der Waals surface area contributed by atoms with Crippen LogP contribution in [0.4, 0.5) is 4.39 Å². The van der Waals surface area contributed by atoms with Crippen LogP contribution in [0.3, 0.4) is 0 Å². The molecular weight excluding hydrogens is 547 g/mol. The lowest BCUT2D eigenvalue weighted by Crippen LogP contribution is -2.38. The van der Waals surface area contributed by atoms with Crippen molar-refractivity contribution in [1.29, 1.82) is 0 Å². The Balaban J connectivity index is 2.03. The Bertz CT molecular complexity index is 1490. The zero-order valence-corrected chi connectivity index (χ0v) is 25.7. The van der Waals surface area contributed by atoms with Crippen molar-refractivity contribution < 1.29 is 29.3 Å². The van der Waals surface area contributed by atoms with Crippen molar-refractivity contribution >= 4 is 11.6 Å². The predicted molar refractivity (Wildman–Crippen MR) is 167 cm³/mol. The van der Waals surface area contributed by atoms with Crippen LogP contribution in [0.2, 0.25) is 0 Å². The Morgan fingerprint density at radius 2 is 1.81 bits per heavy atom. The number of benzene rings is 3. The normalized spacial score (nSPS) is 16.3. The molecule has 2 unspecified atom stereocenters. The number of nitrogens with one attached hydrogen (secondary N) is 1. The van der Waals surface area contributed by atoms with Gasteiger partial charge >= 0.3 is 0 Å².